The van der Waals surface area contributed by atoms with Crippen LogP contribution in [0, 0.1) is 3.57 Å². The van der Waals surface area contributed by atoms with Crippen LogP contribution >= 0.6 is 22.6 Å². The van der Waals surface area contributed by atoms with Gasteiger partial charge in [-0.15, -0.1) is 0 Å². The second-order valence-corrected chi connectivity index (χ2v) is 5.32. The molecule has 0 atom stereocenters. The van der Waals surface area contributed by atoms with Crippen molar-refractivity contribution in [3.05, 3.63) is 33.5 Å². The van der Waals surface area contributed by atoms with Crippen molar-refractivity contribution in [3.63, 3.8) is 0 Å². The summed E-state index contributed by atoms with van der Waals surface area (Å²) in [5.41, 5.74) is 9.10. The predicted molar refractivity (Wildman–Crippen MR) is 70.8 cm³/mol. The minimum Gasteiger partial charge on any atom is -0.398 e. The van der Waals surface area contributed by atoms with Crippen LogP contribution < -0.4 is 5.73 Å². The molecule has 0 bridgehead atoms. The van der Waals surface area contributed by atoms with Crippen LogP contribution in [0.2, 0.25) is 0 Å². The van der Waals surface area contributed by atoms with Gasteiger partial charge < -0.3 is 5.73 Å². The van der Waals surface area contributed by atoms with Crippen molar-refractivity contribution in [1.29, 1.82) is 0 Å². The lowest BCUT2D eigenvalue weighted by Crippen LogP contribution is -1.94. The van der Waals surface area contributed by atoms with E-state index in [1.807, 2.05) is 6.07 Å². The zero-order valence-corrected chi connectivity index (χ0v) is 10.4. The summed E-state index contributed by atoms with van der Waals surface area (Å²) >= 11 is 2.30. The Balaban J connectivity index is 2.26. The molecule has 3 rings (SSSR count). The third-order valence-corrected chi connectivity index (χ3v) is 3.49. The summed E-state index contributed by atoms with van der Waals surface area (Å²) in [4.78, 5) is 4.66. The quantitative estimate of drug-likeness (QED) is 0.821. The summed E-state index contributed by atoms with van der Waals surface area (Å²) in [5.74, 6) is 0.663. The lowest BCUT2D eigenvalue weighted by Gasteiger charge is -2.05. The van der Waals surface area contributed by atoms with Crippen LogP contribution in [0.1, 0.15) is 24.5 Å². The van der Waals surface area contributed by atoms with Crippen molar-refractivity contribution in [2.75, 3.05) is 5.73 Å². The zero-order chi connectivity index (χ0) is 10.4. The SMILES string of the molecule is Nc1cc(C2CC2)nc2ccc(I)cc12. The fraction of sp³-hybridized carbons (Fsp3) is 0.250. The molecule has 2 N–H and O–H groups in total. The van der Waals surface area contributed by atoms with Gasteiger partial charge in [-0.2, -0.15) is 0 Å². The van der Waals surface area contributed by atoms with Crippen LogP contribution in [0.3, 0.4) is 0 Å². The number of nitrogens with zero attached hydrogens (tertiary/aromatic N) is 1. The molecule has 0 unspecified atom stereocenters. The van der Waals surface area contributed by atoms with Crippen molar-refractivity contribution in [3.8, 4) is 0 Å². The van der Waals surface area contributed by atoms with Crippen LogP contribution in [0.5, 0.6) is 0 Å². The molecule has 1 aliphatic carbocycles. The molecule has 1 saturated carbocycles. The van der Waals surface area contributed by atoms with Gasteiger partial charge in [0, 0.05) is 26.3 Å². The van der Waals surface area contributed by atoms with Gasteiger partial charge in [-0.1, -0.05) is 0 Å². The average molecular weight is 310 g/mol. The molecule has 0 saturated heterocycles. The molecule has 3 heteroatoms. The van der Waals surface area contributed by atoms with E-state index in [-0.39, 0.29) is 0 Å². The van der Waals surface area contributed by atoms with Crippen LogP contribution in [0.25, 0.3) is 10.9 Å². The van der Waals surface area contributed by atoms with E-state index in [1.165, 1.54) is 22.1 Å². The highest BCUT2D eigenvalue weighted by atomic mass is 127. The van der Waals surface area contributed by atoms with E-state index >= 15 is 0 Å². The zero-order valence-electron chi connectivity index (χ0n) is 8.20. The first kappa shape index (κ1) is 9.39. The van der Waals surface area contributed by atoms with Gasteiger partial charge in [-0.3, -0.25) is 4.98 Å². The summed E-state index contributed by atoms with van der Waals surface area (Å²) in [6.45, 7) is 0. The number of benzene rings is 1. The van der Waals surface area contributed by atoms with Gasteiger partial charge in [0.1, 0.15) is 0 Å². The van der Waals surface area contributed by atoms with Crippen molar-refractivity contribution >= 4 is 39.2 Å². The van der Waals surface area contributed by atoms with Crippen LogP contribution in [0.4, 0.5) is 5.69 Å². The average Bonchev–Trinajstić information content (AvgIpc) is 3.02. The number of fused-ring (bicyclic) bond motifs is 1. The smallest absolute Gasteiger partial charge is 0.0726 e. The van der Waals surface area contributed by atoms with Gasteiger partial charge in [-0.25, -0.2) is 0 Å². The number of anilines is 1. The van der Waals surface area contributed by atoms with Crippen LogP contribution in [-0.2, 0) is 0 Å². The highest BCUT2D eigenvalue weighted by Crippen LogP contribution is 2.40. The van der Waals surface area contributed by atoms with Crippen molar-refractivity contribution < 1.29 is 0 Å². The number of rotatable bonds is 1. The molecular formula is C12H11IN2. The molecule has 0 amide bonds. The Morgan fingerprint density at radius 1 is 1.27 bits per heavy atom. The third kappa shape index (κ3) is 1.69. The maximum atomic E-state index is 6.05. The first-order chi connectivity index (χ1) is 7.24. The Bertz CT molecular complexity index is 532. The lowest BCUT2D eigenvalue weighted by atomic mass is 10.1. The normalized spacial score (nSPS) is 15.8. The summed E-state index contributed by atoms with van der Waals surface area (Å²) in [7, 11) is 0. The van der Waals surface area contributed by atoms with E-state index in [1.54, 1.807) is 0 Å². The molecule has 1 aromatic carbocycles. The number of nitrogens with two attached hydrogens (primary N) is 1. The van der Waals surface area contributed by atoms with Gasteiger partial charge in [0.25, 0.3) is 0 Å². The minimum atomic E-state index is 0.663. The van der Waals surface area contributed by atoms with E-state index in [9.17, 15) is 0 Å². The monoisotopic (exact) mass is 310 g/mol. The molecule has 1 aliphatic rings. The summed E-state index contributed by atoms with van der Waals surface area (Å²) in [5, 5.41) is 1.08. The fourth-order valence-corrected chi connectivity index (χ4v) is 2.32. The van der Waals surface area contributed by atoms with Gasteiger partial charge in [-0.05, 0) is 59.7 Å². The van der Waals surface area contributed by atoms with Gasteiger partial charge in [0.15, 0.2) is 0 Å². The molecule has 1 aromatic heterocycles. The van der Waals surface area contributed by atoms with E-state index < -0.39 is 0 Å². The predicted octanol–water partition coefficient (Wildman–Crippen LogP) is 3.30. The Hall–Kier alpha value is -0.840. The van der Waals surface area contributed by atoms with Crippen molar-refractivity contribution in [2.45, 2.75) is 18.8 Å². The highest BCUT2D eigenvalue weighted by Gasteiger charge is 2.25. The number of hydrogen-bond acceptors (Lipinski definition) is 2. The summed E-state index contributed by atoms with van der Waals surface area (Å²) in [6, 6.07) is 8.26. The Morgan fingerprint density at radius 2 is 2.07 bits per heavy atom. The molecule has 1 heterocycles. The summed E-state index contributed by atoms with van der Waals surface area (Å²) in [6.07, 6.45) is 2.53. The topological polar surface area (TPSA) is 38.9 Å². The number of pyridine rings is 1. The maximum Gasteiger partial charge on any atom is 0.0726 e. The molecule has 0 radical (unpaired) electrons. The van der Waals surface area contributed by atoms with E-state index in [4.69, 9.17) is 5.73 Å². The largest absolute Gasteiger partial charge is 0.398 e. The second kappa shape index (κ2) is 3.33. The summed E-state index contributed by atoms with van der Waals surface area (Å²) < 4.78 is 1.20. The van der Waals surface area contributed by atoms with E-state index in [0.29, 0.717) is 5.92 Å². The van der Waals surface area contributed by atoms with E-state index in [0.717, 1.165) is 16.6 Å². The Labute approximate surface area is 102 Å². The highest BCUT2D eigenvalue weighted by molar-refractivity contribution is 14.1. The first-order valence-electron chi connectivity index (χ1n) is 5.10. The molecule has 76 valence electrons. The van der Waals surface area contributed by atoms with Crippen LogP contribution in [0.15, 0.2) is 24.3 Å². The van der Waals surface area contributed by atoms with Gasteiger partial charge >= 0.3 is 0 Å². The Kier molecular flexibility index (Phi) is 2.09. The van der Waals surface area contributed by atoms with Gasteiger partial charge in [0.05, 0.1) is 5.52 Å². The number of nitrogen functional groups attached to an aromatic ring is 1. The Morgan fingerprint density at radius 3 is 2.80 bits per heavy atom. The fourth-order valence-electron chi connectivity index (χ4n) is 1.83. The molecule has 15 heavy (non-hydrogen) atoms. The second-order valence-electron chi connectivity index (χ2n) is 4.07. The number of aromatic nitrogens is 1. The van der Waals surface area contributed by atoms with Crippen LogP contribution in [-0.4, -0.2) is 4.98 Å². The lowest BCUT2D eigenvalue weighted by molar-refractivity contribution is 1.05. The number of hydrogen-bond donors (Lipinski definition) is 1. The first-order valence-corrected chi connectivity index (χ1v) is 6.17. The minimum absolute atomic E-state index is 0.663. The standard InChI is InChI=1S/C12H11IN2/c13-8-3-4-11-9(5-8)10(14)6-12(15-11)7-1-2-7/h3-7H,1-2H2,(H2,14,15). The molecular weight excluding hydrogens is 299 g/mol. The van der Waals surface area contributed by atoms with Gasteiger partial charge in [0.2, 0.25) is 0 Å². The third-order valence-electron chi connectivity index (χ3n) is 2.82. The van der Waals surface area contributed by atoms with Crippen molar-refractivity contribution in [1.82, 2.24) is 4.98 Å². The molecule has 0 spiro atoms. The maximum absolute atomic E-state index is 6.05. The number of halogens is 1. The van der Waals surface area contributed by atoms with Crippen molar-refractivity contribution in [2.24, 2.45) is 0 Å². The van der Waals surface area contributed by atoms with E-state index in [2.05, 4.69) is 45.8 Å². The molecule has 0 aliphatic heterocycles. The molecule has 2 aromatic rings. The molecule has 1 fully saturated rings. The molecule has 2 nitrogen and oxygen atoms in total.